The number of ether oxygens (including phenoxy) is 9. The van der Waals surface area contributed by atoms with Gasteiger partial charge in [0.25, 0.3) is 0 Å². The van der Waals surface area contributed by atoms with Gasteiger partial charge in [0.2, 0.25) is 23.1 Å². The second-order valence-electron chi connectivity index (χ2n) is 10.6. The van der Waals surface area contributed by atoms with E-state index < -0.39 is 81.4 Å². The van der Waals surface area contributed by atoms with E-state index in [0.29, 0.717) is 0 Å². The molecule has 244 valence electrons. The summed E-state index contributed by atoms with van der Waals surface area (Å²) in [5.74, 6) is -8.12. The van der Waals surface area contributed by atoms with Crippen LogP contribution in [0.1, 0.15) is 38.1 Å². The first-order valence-corrected chi connectivity index (χ1v) is 14.4. The van der Waals surface area contributed by atoms with Crippen LogP contribution >= 0.6 is 0 Å². The third-order valence-electron chi connectivity index (χ3n) is 8.37. The van der Waals surface area contributed by atoms with E-state index in [0.717, 1.165) is 0 Å². The van der Waals surface area contributed by atoms with Crippen LogP contribution in [0.2, 0.25) is 0 Å². The Bertz CT molecular complexity index is 1230. The van der Waals surface area contributed by atoms with Gasteiger partial charge in [0.15, 0.2) is 6.10 Å². The number of fused-ring (bicyclic) bond motifs is 2. The van der Waals surface area contributed by atoms with E-state index in [2.05, 4.69) is 0 Å². The highest BCUT2D eigenvalue weighted by Gasteiger charge is 2.71. The van der Waals surface area contributed by atoms with Gasteiger partial charge in [0, 0.05) is 28.4 Å². The Morgan fingerprint density at radius 3 is 1.37 bits per heavy atom. The molecule has 2 aliphatic heterocycles. The number of hydrogen-bond donors (Lipinski definition) is 0. The van der Waals surface area contributed by atoms with Crippen LogP contribution in [0.4, 0.5) is 13.2 Å². The van der Waals surface area contributed by atoms with Crippen molar-refractivity contribution < 1.29 is 73.2 Å². The molecular weight excluding hydrogens is 609 g/mol. The second kappa shape index (κ2) is 11.5. The van der Waals surface area contributed by atoms with Crippen LogP contribution < -0.4 is 0 Å². The highest BCUT2D eigenvalue weighted by atomic mass is 32.2. The number of rotatable bonds is 8. The molecule has 6 unspecified atom stereocenters. The minimum Gasteiger partial charge on any atom is -0.453 e. The van der Waals surface area contributed by atoms with Crippen molar-refractivity contribution in [3.63, 3.8) is 0 Å². The Kier molecular flexibility index (Phi) is 9.05. The average molecular weight is 645 g/mol. The van der Waals surface area contributed by atoms with Gasteiger partial charge >= 0.3 is 21.6 Å². The molecule has 0 N–H and O–H groups in total. The monoisotopic (exact) mass is 644 g/mol. The second-order valence-corrected chi connectivity index (χ2v) is 12.2. The number of methoxy groups -OCH3 is 4. The van der Waals surface area contributed by atoms with Crippen molar-refractivity contribution in [2.45, 2.75) is 93.0 Å². The number of esters is 1. The van der Waals surface area contributed by atoms with Gasteiger partial charge in [-0.25, -0.2) is 4.79 Å². The molecule has 0 spiro atoms. The number of hydrogen-bond acceptors (Lipinski definition) is 13. The van der Waals surface area contributed by atoms with E-state index >= 15 is 0 Å². The maximum atomic E-state index is 13.6. The number of carbonyl (C=O) groups is 1. The number of alkyl halides is 3. The minimum atomic E-state index is -6.26. The summed E-state index contributed by atoms with van der Waals surface area (Å²) in [7, 11) is -1.32. The smallest absolute Gasteiger partial charge is 0.453 e. The molecule has 2 saturated heterocycles. The third kappa shape index (κ3) is 5.57. The molecule has 43 heavy (non-hydrogen) atoms. The molecule has 13 nitrogen and oxygen atoms in total. The predicted molar refractivity (Wildman–Crippen MR) is 137 cm³/mol. The first-order chi connectivity index (χ1) is 19.8. The summed E-state index contributed by atoms with van der Waals surface area (Å²) in [6, 6.07) is 7.80. The average Bonchev–Trinajstić information content (AvgIpc) is 2.96. The largest absolute Gasteiger partial charge is 0.523 e. The molecule has 1 aliphatic carbocycles. The fraction of sp³-hybridized carbons (Fsp3) is 0.731. The first kappa shape index (κ1) is 34.0. The molecule has 2 heterocycles. The number of benzene rings is 1. The van der Waals surface area contributed by atoms with Crippen LogP contribution in [-0.2, 0) is 56.9 Å². The van der Waals surface area contributed by atoms with Gasteiger partial charge < -0.3 is 42.6 Å². The maximum Gasteiger partial charge on any atom is 0.523 e. The molecular formula is C26H35F3O13S. The van der Waals surface area contributed by atoms with Gasteiger partial charge in [-0.2, -0.15) is 21.6 Å². The summed E-state index contributed by atoms with van der Waals surface area (Å²) >= 11 is 0. The maximum absolute atomic E-state index is 13.6. The molecule has 3 fully saturated rings. The van der Waals surface area contributed by atoms with Crippen molar-refractivity contribution in [1.29, 1.82) is 0 Å². The standard InChI is InChI=1S/C26H35F3O13S/c1-22(33-5)24(3,35-7)40-18-16(38-22)15(37-21(30)14-12-10-9-11-13-14)17-19(20(18)42-43(31,32)26(27,28)29)41-25(4,36-8)23(2,34-6)39-17/h9-13,15-20H,1-8H3/t15?,16-,17+,18+,19-,20?,22?,23?,24?,25?. The molecule has 1 aromatic carbocycles. The number of carbonyl (C=O) groups excluding carboxylic acids is 1. The molecule has 0 aromatic heterocycles. The first-order valence-electron chi connectivity index (χ1n) is 13.0. The van der Waals surface area contributed by atoms with E-state index in [-0.39, 0.29) is 5.56 Å². The van der Waals surface area contributed by atoms with Gasteiger partial charge in [-0.1, -0.05) is 18.2 Å². The van der Waals surface area contributed by atoms with E-state index in [9.17, 15) is 26.4 Å². The molecule has 1 aromatic rings. The zero-order valence-electron chi connectivity index (χ0n) is 24.7. The molecule has 1 saturated carbocycles. The van der Waals surface area contributed by atoms with E-state index in [1.54, 1.807) is 18.2 Å². The quantitative estimate of drug-likeness (QED) is 0.233. The summed E-state index contributed by atoms with van der Waals surface area (Å²) < 4.78 is 123. The SMILES string of the molecule is COC1(C)O[C@@H]2C(OC(=O)c3ccccc3)[C@@H]3OC(C)(OC)C(C)(OC)O[C@H]3C(OS(=O)(=O)C(F)(F)F)[C@H]2OC1(C)OC. The van der Waals surface area contributed by atoms with Crippen LogP contribution in [0.15, 0.2) is 30.3 Å². The van der Waals surface area contributed by atoms with Crippen LogP contribution in [0.5, 0.6) is 0 Å². The van der Waals surface area contributed by atoms with Gasteiger partial charge in [0.05, 0.1) is 5.56 Å². The van der Waals surface area contributed by atoms with Crippen LogP contribution in [0, 0.1) is 0 Å². The zero-order chi connectivity index (χ0) is 32.2. The summed E-state index contributed by atoms with van der Waals surface area (Å²) in [6.07, 6.45) is -10.2. The highest BCUT2D eigenvalue weighted by molar-refractivity contribution is 7.87. The zero-order valence-corrected chi connectivity index (χ0v) is 25.5. The van der Waals surface area contributed by atoms with Crippen LogP contribution in [-0.4, -0.2) is 108 Å². The van der Waals surface area contributed by atoms with Crippen molar-refractivity contribution in [2.75, 3.05) is 28.4 Å². The molecule has 0 amide bonds. The Balaban J connectivity index is 1.91. The Labute approximate surface area is 246 Å². The lowest BCUT2D eigenvalue weighted by Crippen LogP contribution is -2.80. The van der Waals surface area contributed by atoms with Crippen molar-refractivity contribution in [2.24, 2.45) is 0 Å². The van der Waals surface area contributed by atoms with Gasteiger partial charge in [-0.15, -0.1) is 0 Å². The van der Waals surface area contributed by atoms with Gasteiger partial charge in [-0.3, -0.25) is 4.18 Å². The molecule has 3 aliphatic rings. The fourth-order valence-electron chi connectivity index (χ4n) is 5.27. The Morgan fingerprint density at radius 1 is 0.698 bits per heavy atom. The lowest BCUT2D eigenvalue weighted by Gasteiger charge is -2.61. The van der Waals surface area contributed by atoms with E-state index in [1.807, 2.05) is 0 Å². The molecule has 17 heteroatoms. The third-order valence-corrected chi connectivity index (χ3v) is 9.41. The van der Waals surface area contributed by atoms with Crippen molar-refractivity contribution in [3.8, 4) is 0 Å². The Morgan fingerprint density at radius 2 is 1.05 bits per heavy atom. The van der Waals surface area contributed by atoms with Crippen LogP contribution in [0.25, 0.3) is 0 Å². The van der Waals surface area contributed by atoms with E-state index in [1.165, 1.54) is 68.3 Å². The van der Waals surface area contributed by atoms with Crippen LogP contribution in [0.3, 0.4) is 0 Å². The summed E-state index contributed by atoms with van der Waals surface area (Å²) in [6.45, 7) is 5.55. The molecule has 0 bridgehead atoms. The number of halogens is 3. The highest BCUT2D eigenvalue weighted by Crippen LogP contribution is 2.51. The van der Waals surface area contributed by atoms with Crippen molar-refractivity contribution >= 4 is 16.1 Å². The van der Waals surface area contributed by atoms with Gasteiger partial charge in [-0.05, 0) is 39.8 Å². The normalized spacial score (nSPS) is 41.7. The lowest BCUT2D eigenvalue weighted by atomic mass is 9.81. The topological polar surface area (TPSA) is 144 Å². The van der Waals surface area contributed by atoms with Gasteiger partial charge in [0.1, 0.15) is 30.5 Å². The summed E-state index contributed by atoms with van der Waals surface area (Å²) in [5, 5.41) is 0. The van der Waals surface area contributed by atoms with E-state index in [4.69, 9.17) is 46.8 Å². The minimum absolute atomic E-state index is 0.120. The summed E-state index contributed by atoms with van der Waals surface area (Å²) in [5.41, 5.74) is -5.70. The predicted octanol–water partition coefficient (Wildman–Crippen LogP) is 2.48. The lowest BCUT2D eigenvalue weighted by molar-refractivity contribution is -0.501. The van der Waals surface area contributed by atoms with Crippen molar-refractivity contribution in [3.05, 3.63) is 35.9 Å². The molecule has 10 atom stereocenters. The molecule has 0 radical (unpaired) electrons. The molecule has 4 rings (SSSR count). The van der Waals surface area contributed by atoms with Crippen molar-refractivity contribution in [1.82, 2.24) is 0 Å². The summed E-state index contributed by atoms with van der Waals surface area (Å²) in [4.78, 5) is 13.3. The Hall–Kier alpha value is -1.93. The fourth-order valence-corrected chi connectivity index (χ4v) is 5.89.